The van der Waals surface area contributed by atoms with E-state index in [1.54, 1.807) is 0 Å². The molecular formula is C12H11F2N3O3S. The number of hydrogen-bond donors (Lipinski definition) is 1. The fourth-order valence-corrected chi connectivity index (χ4v) is 2.62. The highest BCUT2D eigenvalue weighted by Crippen LogP contribution is 2.13. The minimum absolute atomic E-state index is 0.0651. The molecule has 0 aliphatic heterocycles. The molecule has 21 heavy (non-hydrogen) atoms. The van der Waals surface area contributed by atoms with Crippen LogP contribution in [0, 0.1) is 11.6 Å². The number of nitrogens with zero attached hydrogens (tertiary/aromatic N) is 2. The van der Waals surface area contributed by atoms with E-state index in [0.717, 1.165) is 12.1 Å². The first-order valence-electron chi connectivity index (χ1n) is 5.86. The Morgan fingerprint density at radius 1 is 1.24 bits per heavy atom. The second-order valence-electron chi connectivity index (χ2n) is 4.07. The lowest BCUT2D eigenvalue weighted by Crippen LogP contribution is -2.31. The first-order valence-corrected chi connectivity index (χ1v) is 7.34. The van der Waals surface area contributed by atoms with Gasteiger partial charge in [0.25, 0.3) is 0 Å². The molecule has 0 aliphatic carbocycles. The van der Waals surface area contributed by atoms with Crippen LogP contribution in [0.15, 0.2) is 46.3 Å². The second-order valence-corrected chi connectivity index (χ2v) is 5.84. The van der Waals surface area contributed by atoms with Crippen molar-refractivity contribution in [3.8, 4) is 0 Å². The molecule has 1 aromatic carbocycles. The van der Waals surface area contributed by atoms with Crippen LogP contribution >= 0.6 is 0 Å². The van der Waals surface area contributed by atoms with E-state index in [-0.39, 0.29) is 18.0 Å². The van der Waals surface area contributed by atoms with Crippen molar-refractivity contribution in [1.29, 1.82) is 0 Å². The van der Waals surface area contributed by atoms with Crippen LogP contribution in [0.5, 0.6) is 0 Å². The van der Waals surface area contributed by atoms with Gasteiger partial charge in [0, 0.05) is 25.5 Å². The summed E-state index contributed by atoms with van der Waals surface area (Å²) < 4.78 is 52.9. The summed E-state index contributed by atoms with van der Waals surface area (Å²) in [5.41, 5.74) is -0.510. The third-order valence-electron chi connectivity index (χ3n) is 2.63. The molecule has 1 N–H and O–H groups in total. The number of halogens is 2. The van der Waals surface area contributed by atoms with Crippen LogP contribution in [0.2, 0.25) is 0 Å². The number of nitrogens with one attached hydrogen (secondary N) is 1. The summed E-state index contributed by atoms with van der Waals surface area (Å²) in [7, 11) is -3.97. The molecule has 0 bridgehead atoms. The van der Waals surface area contributed by atoms with Gasteiger partial charge in [0.1, 0.15) is 0 Å². The molecule has 0 aliphatic rings. The molecule has 0 saturated carbocycles. The zero-order chi connectivity index (χ0) is 15.5. The first kappa shape index (κ1) is 15.3. The van der Waals surface area contributed by atoms with Crippen LogP contribution in [0.3, 0.4) is 0 Å². The minimum atomic E-state index is -3.97. The molecular weight excluding hydrogens is 304 g/mol. The van der Waals surface area contributed by atoms with E-state index < -0.39 is 27.3 Å². The SMILES string of the molecule is O=c1ncccn1CCNS(=O)(=O)c1ccc(F)c(F)c1. The Kier molecular flexibility index (Phi) is 4.43. The van der Waals surface area contributed by atoms with Crippen molar-refractivity contribution < 1.29 is 17.2 Å². The van der Waals surface area contributed by atoms with E-state index in [1.165, 1.54) is 23.0 Å². The number of benzene rings is 1. The van der Waals surface area contributed by atoms with Crippen molar-refractivity contribution in [2.45, 2.75) is 11.4 Å². The van der Waals surface area contributed by atoms with Gasteiger partial charge in [-0.15, -0.1) is 0 Å². The Bertz CT molecular complexity index is 805. The standard InChI is InChI=1S/C12H11F2N3O3S/c13-10-3-2-9(8-11(10)14)21(19,20)16-5-7-17-6-1-4-15-12(17)18/h1-4,6,8,16H,5,7H2. The fourth-order valence-electron chi connectivity index (χ4n) is 1.59. The number of aromatic nitrogens is 2. The monoisotopic (exact) mass is 315 g/mol. The zero-order valence-corrected chi connectivity index (χ0v) is 11.5. The summed E-state index contributed by atoms with van der Waals surface area (Å²) >= 11 is 0. The normalized spacial score (nSPS) is 11.5. The largest absolute Gasteiger partial charge is 0.347 e. The van der Waals surface area contributed by atoms with E-state index >= 15 is 0 Å². The summed E-state index contributed by atoms with van der Waals surface area (Å²) in [6, 6.07) is 3.81. The van der Waals surface area contributed by atoms with Crippen molar-refractivity contribution in [3.63, 3.8) is 0 Å². The first-order chi connectivity index (χ1) is 9.90. The third kappa shape index (κ3) is 3.70. The summed E-state index contributed by atoms with van der Waals surface area (Å²) in [5, 5.41) is 0. The van der Waals surface area contributed by atoms with Gasteiger partial charge in [-0.1, -0.05) is 0 Å². The van der Waals surface area contributed by atoms with E-state index in [0.29, 0.717) is 6.07 Å². The van der Waals surface area contributed by atoms with Gasteiger partial charge in [-0.05, 0) is 24.3 Å². The molecule has 0 unspecified atom stereocenters. The van der Waals surface area contributed by atoms with Crippen LogP contribution in [-0.4, -0.2) is 24.5 Å². The summed E-state index contributed by atoms with van der Waals surface area (Å²) in [4.78, 5) is 14.4. The highest BCUT2D eigenvalue weighted by molar-refractivity contribution is 7.89. The second kappa shape index (κ2) is 6.10. The summed E-state index contributed by atoms with van der Waals surface area (Å²) in [6.07, 6.45) is 2.78. The van der Waals surface area contributed by atoms with Crippen LogP contribution in [0.25, 0.3) is 0 Å². The molecule has 0 radical (unpaired) electrons. The van der Waals surface area contributed by atoms with Gasteiger partial charge in [0.2, 0.25) is 10.0 Å². The molecule has 0 fully saturated rings. The predicted octanol–water partition coefficient (Wildman–Crippen LogP) is 0.500. The molecule has 0 saturated heterocycles. The van der Waals surface area contributed by atoms with Crippen molar-refractivity contribution in [2.24, 2.45) is 0 Å². The van der Waals surface area contributed by atoms with Gasteiger partial charge in [0.05, 0.1) is 4.90 Å². The average molecular weight is 315 g/mol. The highest BCUT2D eigenvalue weighted by Gasteiger charge is 2.15. The maximum Gasteiger partial charge on any atom is 0.347 e. The topological polar surface area (TPSA) is 81.1 Å². The maximum absolute atomic E-state index is 13.0. The molecule has 0 amide bonds. The highest BCUT2D eigenvalue weighted by atomic mass is 32.2. The van der Waals surface area contributed by atoms with E-state index in [2.05, 4.69) is 9.71 Å². The quantitative estimate of drug-likeness (QED) is 0.871. The summed E-state index contributed by atoms with van der Waals surface area (Å²) in [6.45, 7) is -0.0253. The van der Waals surface area contributed by atoms with Crippen LogP contribution in [-0.2, 0) is 16.6 Å². The smallest absolute Gasteiger partial charge is 0.298 e. The Morgan fingerprint density at radius 2 is 2.00 bits per heavy atom. The van der Waals surface area contributed by atoms with Crippen LogP contribution < -0.4 is 10.4 Å². The minimum Gasteiger partial charge on any atom is -0.298 e. The van der Waals surface area contributed by atoms with E-state index in [1.807, 2.05) is 0 Å². The fraction of sp³-hybridized carbons (Fsp3) is 0.167. The molecule has 0 atom stereocenters. The predicted molar refractivity (Wildman–Crippen MR) is 70.0 cm³/mol. The molecule has 2 aromatic rings. The van der Waals surface area contributed by atoms with Gasteiger partial charge < -0.3 is 0 Å². The molecule has 1 aromatic heterocycles. The molecule has 2 rings (SSSR count). The number of sulfonamides is 1. The van der Waals surface area contributed by atoms with Gasteiger partial charge >= 0.3 is 5.69 Å². The van der Waals surface area contributed by atoms with Gasteiger partial charge in [0.15, 0.2) is 11.6 Å². The van der Waals surface area contributed by atoms with Gasteiger partial charge in [-0.25, -0.2) is 31.7 Å². The molecule has 6 nitrogen and oxygen atoms in total. The lowest BCUT2D eigenvalue weighted by molar-refractivity contribution is 0.504. The number of hydrogen-bond acceptors (Lipinski definition) is 4. The number of rotatable bonds is 5. The molecule has 112 valence electrons. The van der Waals surface area contributed by atoms with Crippen LogP contribution in [0.1, 0.15) is 0 Å². The van der Waals surface area contributed by atoms with Crippen LogP contribution in [0.4, 0.5) is 8.78 Å². The maximum atomic E-state index is 13.0. The van der Waals surface area contributed by atoms with Crippen molar-refractivity contribution >= 4 is 10.0 Å². The lowest BCUT2D eigenvalue weighted by Gasteiger charge is -2.08. The van der Waals surface area contributed by atoms with E-state index in [4.69, 9.17) is 0 Å². The Morgan fingerprint density at radius 3 is 2.67 bits per heavy atom. The van der Waals surface area contributed by atoms with Crippen molar-refractivity contribution in [3.05, 3.63) is 58.8 Å². The van der Waals surface area contributed by atoms with Gasteiger partial charge in [-0.2, -0.15) is 0 Å². The zero-order valence-electron chi connectivity index (χ0n) is 10.7. The third-order valence-corrected chi connectivity index (χ3v) is 4.09. The Labute approximate surface area is 119 Å². The lowest BCUT2D eigenvalue weighted by atomic mass is 10.3. The Balaban J connectivity index is 2.06. The van der Waals surface area contributed by atoms with Gasteiger partial charge in [-0.3, -0.25) is 4.57 Å². The molecule has 9 heteroatoms. The van der Waals surface area contributed by atoms with Crippen molar-refractivity contribution in [1.82, 2.24) is 14.3 Å². The summed E-state index contributed by atoms with van der Waals surface area (Å²) in [5.74, 6) is -2.38. The average Bonchev–Trinajstić information content (AvgIpc) is 2.44. The Hall–Kier alpha value is -2.13. The van der Waals surface area contributed by atoms with E-state index in [9.17, 15) is 22.0 Å². The van der Waals surface area contributed by atoms with Crippen molar-refractivity contribution in [2.75, 3.05) is 6.54 Å². The molecule has 1 heterocycles. The molecule has 0 spiro atoms.